The van der Waals surface area contributed by atoms with Gasteiger partial charge in [-0.3, -0.25) is 4.79 Å². The maximum absolute atomic E-state index is 11.1. The Morgan fingerprint density at radius 1 is 1.50 bits per heavy atom. The number of carbonyl (C=O) groups is 2. The van der Waals surface area contributed by atoms with Gasteiger partial charge in [-0.1, -0.05) is 6.58 Å². The third kappa shape index (κ3) is 6.50. The summed E-state index contributed by atoms with van der Waals surface area (Å²) in [5, 5.41) is 2.51. The zero-order chi connectivity index (χ0) is 12.6. The van der Waals surface area contributed by atoms with Gasteiger partial charge in [0.15, 0.2) is 0 Å². The van der Waals surface area contributed by atoms with Crippen LogP contribution >= 0.6 is 11.8 Å². The van der Waals surface area contributed by atoms with Gasteiger partial charge in [-0.2, -0.15) is 0 Å². The highest BCUT2D eigenvalue weighted by Gasteiger charge is 2.10. The summed E-state index contributed by atoms with van der Waals surface area (Å²) in [5.74, 6) is 0.450. The molecule has 1 N–H and O–H groups in total. The number of hydrogen-bond donors (Lipinski definition) is 1. The Bertz CT molecular complexity index is 266. The summed E-state index contributed by atoms with van der Waals surface area (Å²) >= 11 is 1.54. The second-order valence-electron chi connectivity index (χ2n) is 3.40. The van der Waals surface area contributed by atoms with Gasteiger partial charge in [0.2, 0.25) is 5.91 Å². The van der Waals surface area contributed by atoms with Crippen LogP contribution in [0.15, 0.2) is 12.2 Å². The van der Waals surface area contributed by atoms with E-state index in [1.807, 2.05) is 6.92 Å². The van der Waals surface area contributed by atoms with Crippen LogP contribution in [0.2, 0.25) is 0 Å². The van der Waals surface area contributed by atoms with Crippen molar-refractivity contribution in [1.29, 1.82) is 0 Å². The summed E-state index contributed by atoms with van der Waals surface area (Å²) in [4.78, 5) is 22.1. The first-order valence-electron chi connectivity index (χ1n) is 5.15. The zero-order valence-corrected chi connectivity index (χ0v) is 10.9. The third-order valence-corrected chi connectivity index (χ3v) is 3.09. The quantitative estimate of drug-likeness (QED) is 0.418. The van der Waals surface area contributed by atoms with Gasteiger partial charge in [-0.25, -0.2) is 4.79 Å². The van der Waals surface area contributed by atoms with E-state index in [1.54, 1.807) is 25.7 Å². The van der Waals surface area contributed by atoms with E-state index < -0.39 is 0 Å². The standard InChI is InChI=1S/C11H19NO3S/c1-8(2)11(14)15-6-5-7-16-9(3)10(13)12-4/h9H,1,5-7H2,2-4H3,(H,12,13). The smallest absolute Gasteiger partial charge is 0.333 e. The fraction of sp³-hybridized carbons (Fsp3) is 0.636. The Hall–Kier alpha value is -0.970. The monoisotopic (exact) mass is 245 g/mol. The highest BCUT2D eigenvalue weighted by atomic mass is 32.2. The van der Waals surface area contributed by atoms with Gasteiger partial charge < -0.3 is 10.1 Å². The summed E-state index contributed by atoms with van der Waals surface area (Å²) in [7, 11) is 1.62. The van der Waals surface area contributed by atoms with Crippen molar-refractivity contribution < 1.29 is 14.3 Å². The topological polar surface area (TPSA) is 55.4 Å². The number of esters is 1. The van der Waals surface area contributed by atoms with Crippen molar-refractivity contribution in [2.75, 3.05) is 19.4 Å². The van der Waals surface area contributed by atoms with E-state index >= 15 is 0 Å². The van der Waals surface area contributed by atoms with Crippen LogP contribution in [0.5, 0.6) is 0 Å². The molecule has 0 bridgehead atoms. The molecule has 0 aliphatic carbocycles. The number of hydrogen-bond acceptors (Lipinski definition) is 4. The molecule has 0 saturated carbocycles. The first-order valence-corrected chi connectivity index (χ1v) is 6.19. The highest BCUT2D eigenvalue weighted by Crippen LogP contribution is 2.11. The van der Waals surface area contributed by atoms with E-state index in [-0.39, 0.29) is 17.1 Å². The molecule has 0 aliphatic heterocycles. The minimum Gasteiger partial charge on any atom is -0.462 e. The van der Waals surface area contributed by atoms with Crippen LogP contribution in [-0.2, 0) is 14.3 Å². The van der Waals surface area contributed by atoms with Crippen molar-refractivity contribution in [3.05, 3.63) is 12.2 Å². The van der Waals surface area contributed by atoms with Gasteiger partial charge in [-0.05, 0) is 26.0 Å². The second-order valence-corrected chi connectivity index (χ2v) is 4.85. The molecule has 0 aliphatic rings. The van der Waals surface area contributed by atoms with Crippen LogP contribution in [0.1, 0.15) is 20.3 Å². The van der Waals surface area contributed by atoms with Crippen molar-refractivity contribution in [3.63, 3.8) is 0 Å². The molecule has 0 rings (SSSR count). The molecule has 92 valence electrons. The molecule has 1 unspecified atom stereocenters. The van der Waals surface area contributed by atoms with Crippen molar-refractivity contribution in [2.24, 2.45) is 0 Å². The predicted molar refractivity (Wildman–Crippen MR) is 66.4 cm³/mol. The first-order chi connectivity index (χ1) is 7.49. The molecule has 4 nitrogen and oxygen atoms in total. The van der Waals surface area contributed by atoms with Crippen LogP contribution < -0.4 is 5.32 Å². The Morgan fingerprint density at radius 3 is 2.62 bits per heavy atom. The maximum Gasteiger partial charge on any atom is 0.333 e. The van der Waals surface area contributed by atoms with E-state index in [0.29, 0.717) is 12.2 Å². The van der Waals surface area contributed by atoms with Crippen LogP contribution in [0.25, 0.3) is 0 Å². The largest absolute Gasteiger partial charge is 0.462 e. The first kappa shape index (κ1) is 15.0. The lowest BCUT2D eigenvalue weighted by atomic mass is 10.4. The summed E-state index contributed by atoms with van der Waals surface area (Å²) in [5.41, 5.74) is 0.409. The van der Waals surface area contributed by atoms with Gasteiger partial charge >= 0.3 is 5.97 Å². The van der Waals surface area contributed by atoms with Crippen LogP contribution in [0, 0.1) is 0 Å². The van der Waals surface area contributed by atoms with Crippen LogP contribution in [0.4, 0.5) is 0 Å². The number of nitrogens with one attached hydrogen (secondary N) is 1. The van der Waals surface area contributed by atoms with E-state index in [2.05, 4.69) is 11.9 Å². The van der Waals surface area contributed by atoms with Gasteiger partial charge in [0.05, 0.1) is 11.9 Å². The molecular formula is C11H19NO3S. The molecule has 0 fully saturated rings. The Kier molecular flexibility index (Phi) is 7.72. The van der Waals surface area contributed by atoms with Crippen molar-refractivity contribution in [2.45, 2.75) is 25.5 Å². The number of thioether (sulfide) groups is 1. The van der Waals surface area contributed by atoms with Crippen molar-refractivity contribution in [3.8, 4) is 0 Å². The number of carbonyl (C=O) groups excluding carboxylic acids is 2. The minimum atomic E-state index is -0.357. The predicted octanol–water partition coefficient (Wildman–Crippen LogP) is 1.36. The molecule has 0 aromatic carbocycles. The van der Waals surface area contributed by atoms with E-state index in [1.165, 1.54) is 0 Å². The second kappa shape index (κ2) is 8.21. The molecule has 0 aromatic heterocycles. The highest BCUT2D eigenvalue weighted by molar-refractivity contribution is 8.00. The number of ether oxygens (including phenoxy) is 1. The lowest BCUT2D eigenvalue weighted by Crippen LogP contribution is -2.27. The van der Waals surface area contributed by atoms with Crippen molar-refractivity contribution in [1.82, 2.24) is 5.32 Å². The lowest BCUT2D eigenvalue weighted by molar-refractivity contribution is -0.138. The fourth-order valence-electron chi connectivity index (χ4n) is 0.886. The molecule has 0 saturated heterocycles. The van der Waals surface area contributed by atoms with Crippen LogP contribution in [0.3, 0.4) is 0 Å². The van der Waals surface area contributed by atoms with E-state index in [9.17, 15) is 9.59 Å². The molecule has 0 spiro atoms. The molecule has 5 heteroatoms. The average molecular weight is 245 g/mol. The molecule has 1 amide bonds. The zero-order valence-electron chi connectivity index (χ0n) is 10.0. The third-order valence-electron chi connectivity index (χ3n) is 1.85. The Balaban J connectivity index is 3.51. The van der Waals surface area contributed by atoms with Gasteiger partial charge in [0.1, 0.15) is 0 Å². The molecule has 16 heavy (non-hydrogen) atoms. The van der Waals surface area contributed by atoms with Gasteiger partial charge in [0.25, 0.3) is 0 Å². The van der Waals surface area contributed by atoms with Crippen LogP contribution in [-0.4, -0.2) is 36.5 Å². The normalized spacial score (nSPS) is 11.7. The summed E-state index contributed by atoms with van der Waals surface area (Å²) in [6, 6.07) is 0. The van der Waals surface area contributed by atoms with E-state index in [0.717, 1.165) is 12.2 Å². The van der Waals surface area contributed by atoms with E-state index in [4.69, 9.17) is 4.74 Å². The summed E-state index contributed by atoms with van der Waals surface area (Å²) in [6.45, 7) is 7.32. The molecule has 0 aromatic rings. The Labute approximate surface area is 101 Å². The maximum atomic E-state index is 11.1. The summed E-state index contributed by atoms with van der Waals surface area (Å²) < 4.78 is 4.92. The fourth-order valence-corrected chi connectivity index (χ4v) is 1.79. The number of rotatable bonds is 7. The average Bonchev–Trinajstić information content (AvgIpc) is 2.26. The minimum absolute atomic E-state index is 0.0175. The lowest BCUT2D eigenvalue weighted by Gasteiger charge is -2.09. The Morgan fingerprint density at radius 2 is 2.12 bits per heavy atom. The molecule has 0 heterocycles. The number of amides is 1. The molecule has 1 atom stereocenters. The van der Waals surface area contributed by atoms with Gasteiger partial charge in [-0.15, -0.1) is 11.8 Å². The SMILES string of the molecule is C=C(C)C(=O)OCCCSC(C)C(=O)NC. The van der Waals surface area contributed by atoms with Gasteiger partial charge in [0, 0.05) is 12.6 Å². The summed E-state index contributed by atoms with van der Waals surface area (Å²) in [6.07, 6.45) is 0.741. The molecule has 0 radical (unpaired) electrons. The molecular weight excluding hydrogens is 226 g/mol. The van der Waals surface area contributed by atoms with Crippen molar-refractivity contribution >= 4 is 23.6 Å².